The van der Waals surface area contributed by atoms with Gasteiger partial charge in [0, 0.05) is 32.2 Å². The Balaban J connectivity index is 1.82. The monoisotopic (exact) mass is 440 g/mol. The molecule has 0 amide bonds. The molecule has 1 aliphatic heterocycles. The summed E-state index contributed by atoms with van der Waals surface area (Å²) >= 11 is 11.8. The molecule has 1 saturated heterocycles. The van der Waals surface area contributed by atoms with Gasteiger partial charge in [-0.3, -0.25) is 10.1 Å². The highest BCUT2D eigenvalue weighted by Gasteiger charge is 2.31. The van der Waals surface area contributed by atoms with Crippen molar-refractivity contribution >= 4 is 44.6 Å². The molecular weight excluding hydrogens is 427 g/mol. The van der Waals surface area contributed by atoms with Crippen LogP contribution in [0.5, 0.6) is 0 Å². The third-order valence-corrected chi connectivity index (χ3v) is 7.04. The minimum atomic E-state index is -3.77. The number of nitrogens with zero attached hydrogens (tertiary/aromatic N) is 4. The third-order valence-electron chi connectivity index (χ3n) is 4.41. The van der Waals surface area contributed by atoms with Crippen molar-refractivity contribution < 1.29 is 13.3 Å². The second-order valence-corrected chi connectivity index (χ2v) is 8.79. The van der Waals surface area contributed by atoms with Gasteiger partial charge in [-0.1, -0.05) is 23.2 Å². The number of nitriles is 1. The zero-order chi connectivity index (χ0) is 20.5. The van der Waals surface area contributed by atoms with Crippen LogP contribution >= 0.6 is 23.2 Å². The maximum atomic E-state index is 12.8. The number of benzene rings is 2. The van der Waals surface area contributed by atoms with E-state index in [4.69, 9.17) is 28.5 Å². The van der Waals surface area contributed by atoms with Gasteiger partial charge in [-0.15, -0.1) is 0 Å². The summed E-state index contributed by atoms with van der Waals surface area (Å²) in [6.45, 7) is 0.763. The minimum absolute atomic E-state index is 0.0350. The van der Waals surface area contributed by atoms with Crippen molar-refractivity contribution in [1.82, 2.24) is 4.31 Å². The predicted octanol–water partition coefficient (Wildman–Crippen LogP) is 3.28. The van der Waals surface area contributed by atoms with Crippen molar-refractivity contribution in [2.75, 3.05) is 31.1 Å². The summed E-state index contributed by atoms with van der Waals surface area (Å²) in [5.74, 6) is 0. The van der Waals surface area contributed by atoms with Crippen LogP contribution in [0.15, 0.2) is 41.3 Å². The van der Waals surface area contributed by atoms with Gasteiger partial charge in [0.2, 0.25) is 10.0 Å². The van der Waals surface area contributed by atoms with Crippen molar-refractivity contribution in [3.8, 4) is 6.07 Å². The standard InChI is InChI=1S/C17H14Cl2N4O4S/c18-14-3-2-13(10-15(14)19)28(26,27)22-7-5-21(6-8-22)17-9-12(11-20)1-4-16(17)23(24)25/h1-4,9-10H,5-8H2. The van der Waals surface area contributed by atoms with E-state index in [0.29, 0.717) is 11.3 Å². The Labute approximate surface area is 171 Å². The lowest BCUT2D eigenvalue weighted by Gasteiger charge is -2.35. The average molecular weight is 441 g/mol. The maximum Gasteiger partial charge on any atom is 0.292 e. The van der Waals surface area contributed by atoms with E-state index in [1.165, 1.54) is 40.7 Å². The van der Waals surface area contributed by atoms with Gasteiger partial charge in [0.15, 0.2) is 0 Å². The quantitative estimate of drug-likeness (QED) is 0.532. The fraction of sp³-hybridized carbons (Fsp3) is 0.235. The molecule has 2 aromatic rings. The molecule has 146 valence electrons. The lowest BCUT2D eigenvalue weighted by atomic mass is 10.1. The van der Waals surface area contributed by atoms with Crippen molar-refractivity contribution in [3.05, 3.63) is 62.1 Å². The minimum Gasteiger partial charge on any atom is -0.363 e. The first kappa shape index (κ1) is 20.4. The molecule has 1 fully saturated rings. The maximum absolute atomic E-state index is 12.8. The second kappa shape index (κ2) is 7.93. The molecule has 1 aliphatic rings. The number of sulfonamides is 1. The van der Waals surface area contributed by atoms with Crippen LogP contribution in [0.1, 0.15) is 5.56 Å². The molecule has 1 heterocycles. The number of rotatable bonds is 4. The molecule has 11 heteroatoms. The van der Waals surface area contributed by atoms with Gasteiger partial charge in [0.05, 0.1) is 31.5 Å². The second-order valence-electron chi connectivity index (χ2n) is 6.04. The topological polar surface area (TPSA) is 108 Å². The molecule has 0 spiro atoms. The lowest BCUT2D eigenvalue weighted by molar-refractivity contribution is -0.384. The van der Waals surface area contributed by atoms with Crippen molar-refractivity contribution in [2.24, 2.45) is 0 Å². The molecule has 0 atom stereocenters. The van der Waals surface area contributed by atoms with Gasteiger partial charge in [0.1, 0.15) is 5.69 Å². The van der Waals surface area contributed by atoms with E-state index in [1.807, 2.05) is 6.07 Å². The number of halogens is 2. The van der Waals surface area contributed by atoms with Crippen LogP contribution in [0.2, 0.25) is 10.0 Å². The molecule has 0 radical (unpaired) electrons. The van der Waals surface area contributed by atoms with Crippen LogP contribution in [0, 0.1) is 21.4 Å². The number of hydrogen-bond acceptors (Lipinski definition) is 6. The van der Waals surface area contributed by atoms with E-state index >= 15 is 0 Å². The van der Waals surface area contributed by atoms with Crippen LogP contribution in [0.3, 0.4) is 0 Å². The molecular formula is C17H14Cl2N4O4S. The molecule has 28 heavy (non-hydrogen) atoms. The molecule has 0 bridgehead atoms. The Morgan fingerprint density at radius 2 is 1.71 bits per heavy atom. The summed E-state index contributed by atoms with van der Waals surface area (Å²) in [5.41, 5.74) is 0.474. The smallest absolute Gasteiger partial charge is 0.292 e. The van der Waals surface area contributed by atoms with Crippen LogP contribution in [0.25, 0.3) is 0 Å². The summed E-state index contributed by atoms with van der Waals surface area (Å²) in [6, 6.07) is 10.2. The first-order valence-corrected chi connectivity index (χ1v) is 10.3. The summed E-state index contributed by atoms with van der Waals surface area (Å²) in [7, 11) is -3.77. The van der Waals surface area contributed by atoms with Gasteiger partial charge in [0.25, 0.3) is 5.69 Å². The van der Waals surface area contributed by atoms with E-state index in [9.17, 15) is 18.5 Å². The first-order chi connectivity index (χ1) is 13.2. The van der Waals surface area contributed by atoms with Crippen molar-refractivity contribution in [2.45, 2.75) is 4.90 Å². The molecule has 0 aromatic heterocycles. The number of anilines is 1. The summed E-state index contributed by atoms with van der Waals surface area (Å²) in [5, 5.41) is 20.8. The average Bonchev–Trinajstić information content (AvgIpc) is 2.69. The normalized spacial score (nSPS) is 15.2. The van der Waals surface area contributed by atoms with E-state index in [2.05, 4.69) is 0 Å². The molecule has 2 aromatic carbocycles. The fourth-order valence-electron chi connectivity index (χ4n) is 2.96. The first-order valence-electron chi connectivity index (χ1n) is 8.12. The van der Waals surface area contributed by atoms with Crippen LogP contribution in [-0.4, -0.2) is 43.8 Å². The van der Waals surface area contributed by atoms with Crippen LogP contribution in [-0.2, 0) is 10.0 Å². The van der Waals surface area contributed by atoms with Gasteiger partial charge in [-0.2, -0.15) is 9.57 Å². The highest BCUT2D eigenvalue weighted by molar-refractivity contribution is 7.89. The number of hydrogen-bond donors (Lipinski definition) is 0. The molecule has 0 unspecified atom stereocenters. The molecule has 8 nitrogen and oxygen atoms in total. The molecule has 0 saturated carbocycles. The Morgan fingerprint density at radius 3 is 2.29 bits per heavy atom. The number of piperazine rings is 1. The molecule has 0 N–H and O–H groups in total. The largest absolute Gasteiger partial charge is 0.363 e. The van der Waals surface area contributed by atoms with Gasteiger partial charge >= 0.3 is 0 Å². The number of nitro benzene ring substituents is 1. The van der Waals surface area contributed by atoms with E-state index < -0.39 is 14.9 Å². The number of nitro groups is 1. The Morgan fingerprint density at radius 1 is 1.04 bits per heavy atom. The molecule has 3 rings (SSSR count). The Kier molecular flexibility index (Phi) is 5.76. The van der Waals surface area contributed by atoms with E-state index in [0.717, 1.165) is 0 Å². The Bertz CT molecular complexity index is 1080. The van der Waals surface area contributed by atoms with Gasteiger partial charge in [-0.25, -0.2) is 8.42 Å². The molecule has 0 aliphatic carbocycles. The van der Waals surface area contributed by atoms with Gasteiger partial charge in [-0.05, 0) is 30.3 Å². The van der Waals surface area contributed by atoms with Crippen molar-refractivity contribution in [3.63, 3.8) is 0 Å². The van der Waals surface area contributed by atoms with E-state index in [-0.39, 0.29) is 46.8 Å². The fourth-order valence-corrected chi connectivity index (χ4v) is 4.77. The summed E-state index contributed by atoms with van der Waals surface area (Å²) < 4.78 is 26.9. The lowest BCUT2D eigenvalue weighted by Crippen LogP contribution is -2.48. The van der Waals surface area contributed by atoms with Gasteiger partial charge < -0.3 is 4.90 Å². The third kappa shape index (κ3) is 3.91. The SMILES string of the molecule is N#Cc1ccc([N+](=O)[O-])c(N2CCN(S(=O)(=O)c3ccc(Cl)c(Cl)c3)CC2)c1. The van der Waals surface area contributed by atoms with Crippen LogP contribution in [0.4, 0.5) is 11.4 Å². The summed E-state index contributed by atoms with van der Waals surface area (Å²) in [4.78, 5) is 12.5. The highest BCUT2D eigenvalue weighted by atomic mass is 35.5. The zero-order valence-corrected chi connectivity index (χ0v) is 16.7. The van der Waals surface area contributed by atoms with E-state index in [1.54, 1.807) is 4.90 Å². The zero-order valence-electron chi connectivity index (χ0n) is 14.4. The summed E-state index contributed by atoms with van der Waals surface area (Å²) in [6.07, 6.45) is 0. The van der Waals surface area contributed by atoms with Crippen LogP contribution < -0.4 is 4.90 Å². The predicted molar refractivity (Wildman–Crippen MR) is 105 cm³/mol. The highest BCUT2D eigenvalue weighted by Crippen LogP contribution is 2.31. The van der Waals surface area contributed by atoms with Crippen molar-refractivity contribution in [1.29, 1.82) is 5.26 Å². The Hall–Kier alpha value is -2.38.